The van der Waals surface area contributed by atoms with Crippen molar-refractivity contribution in [2.45, 2.75) is 27.2 Å². The summed E-state index contributed by atoms with van der Waals surface area (Å²) >= 11 is 7.50. The Labute approximate surface area is 218 Å². The summed E-state index contributed by atoms with van der Waals surface area (Å²) in [5.74, 6) is -0.616. The summed E-state index contributed by atoms with van der Waals surface area (Å²) in [6.07, 6.45) is 1.78. The van der Waals surface area contributed by atoms with E-state index in [1.165, 1.54) is 5.01 Å². The molecule has 1 aromatic carbocycles. The van der Waals surface area contributed by atoms with Crippen molar-refractivity contribution in [3.8, 4) is 5.69 Å². The van der Waals surface area contributed by atoms with Gasteiger partial charge in [-0.2, -0.15) is 15.1 Å². The summed E-state index contributed by atoms with van der Waals surface area (Å²) in [4.78, 5) is 31.4. The van der Waals surface area contributed by atoms with E-state index in [1.54, 1.807) is 11.0 Å². The van der Waals surface area contributed by atoms with Gasteiger partial charge in [0.25, 0.3) is 5.91 Å². The minimum Gasteiger partial charge on any atom is -0.378 e. The van der Waals surface area contributed by atoms with Crippen LogP contribution in [0.5, 0.6) is 0 Å². The molecule has 0 saturated carbocycles. The second-order valence-corrected chi connectivity index (χ2v) is 10.2. The highest BCUT2D eigenvalue weighted by Gasteiger charge is 2.36. The van der Waals surface area contributed by atoms with E-state index in [-0.39, 0.29) is 23.7 Å². The van der Waals surface area contributed by atoms with Gasteiger partial charge in [-0.15, -0.1) is 0 Å². The number of carbonyl (C=O) groups is 2. The number of hydrogen-bond donors (Lipinski definition) is 1. The summed E-state index contributed by atoms with van der Waals surface area (Å²) in [5, 5.41) is 15.9. The van der Waals surface area contributed by atoms with E-state index >= 15 is 0 Å². The Kier molecular flexibility index (Phi) is 6.59. The number of aromatic nitrogens is 1. The summed E-state index contributed by atoms with van der Waals surface area (Å²) in [7, 11) is 0. The molecule has 36 heavy (non-hydrogen) atoms. The number of benzene rings is 1. The van der Waals surface area contributed by atoms with Gasteiger partial charge in [0.05, 0.1) is 25.2 Å². The Morgan fingerprint density at radius 2 is 1.97 bits per heavy atom. The van der Waals surface area contributed by atoms with Gasteiger partial charge in [-0.25, -0.2) is 0 Å². The van der Waals surface area contributed by atoms with Crippen LogP contribution in [-0.4, -0.2) is 68.6 Å². The molecule has 3 aliphatic heterocycles. The van der Waals surface area contributed by atoms with Crippen molar-refractivity contribution in [1.29, 1.82) is 5.41 Å². The molecule has 5 rings (SSSR count). The van der Waals surface area contributed by atoms with E-state index in [4.69, 9.17) is 21.7 Å². The largest absolute Gasteiger partial charge is 0.378 e. The van der Waals surface area contributed by atoms with Crippen LogP contribution in [0.4, 0.5) is 0 Å². The number of aryl methyl sites for hydroxylation is 2. The molecule has 2 aromatic rings. The number of fused-ring (bicyclic) bond motifs is 1. The molecule has 0 radical (unpaired) electrons. The number of hydrazone groups is 1. The maximum absolute atomic E-state index is 12.9. The number of thioether (sulfide) groups is 1. The zero-order valence-electron chi connectivity index (χ0n) is 20.2. The first-order valence-electron chi connectivity index (χ1n) is 11.5. The fourth-order valence-electron chi connectivity index (χ4n) is 4.36. The predicted octanol–water partition coefficient (Wildman–Crippen LogP) is 3.92. The lowest BCUT2D eigenvalue weighted by atomic mass is 10.1. The molecular formula is C25H25ClN6O3S. The number of ether oxygens (including phenoxy) is 1. The minimum atomic E-state index is -0.502. The number of nitrogens with zero attached hydrogens (tertiary/aromatic N) is 5. The van der Waals surface area contributed by atoms with Crippen molar-refractivity contribution in [2.75, 3.05) is 26.3 Å². The molecule has 1 saturated heterocycles. The summed E-state index contributed by atoms with van der Waals surface area (Å²) in [5.41, 5.74) is 4.74. The maximum atomic E-state index is 12.9. The lowest BCUT2D eigenvalue weighted by Crippen LogP contribution is -2.41. The highest BCUT2D eigenvalue weighted by molar-refractivity contribution is 8.27. The van der Waals surface area contributed by atoms with Gasteiger partial charge in [0, 0.05) is 35.2 Å². The van der Waals surface area contributed by atoms with Crippen LogP contribution in [0, 0.1) is 26.2 Å². The number of nitrogens with one attached hydrogen (secondary N) is 1. The Balaban J connectivity index is 1.40. The van der Waals surface area contributed by atoms with Gasteiger partial charge < -0.3 is 14.2 Å². The number of aliphatic imine (C=N–C) groups is 1. The number of amides is 2. The first-order valence-corrected chi connectivity index (χ1v) is 12.7. The van der Waals surface area contributed by atoms with Crippen LogP contribution in [0.3, 0.4) is 0 Å². The van der Waals surface area contributed by atoms with E-state index in [1.807, 2.05) is 45.0 Å². The first-order chi connectivity index (χ1) is 17.2. The fourth-order valence-corrected chi connectivity index (χ4v) is 5.42. The normalized spacial score (nSPS) is 19.1. The Morgan fingerprint density at radius 1 is 1.22 bits per heavy atom. The van der Waals surface area contributed by atoms with Crippen LogP contribution in [0.15, 0.2) is 39.9 Å². The van der Waals surface area contributed by atoms with Crippen molar-refractivity contribution in [3.05, 3.63) is 57.4 Å². The van der Waals surface area contributed by atoms with Crippen molar-refractivity contribution in [2.24, 2.45) is 10.1 Å². The molecule has 0 atom stereocenters. The number of halogens is 1. The summed E-state index contributed by atoms with van der Waals surface area (Å²) in [6.45, 7) is 8.04. The van der Waals surface area contributed by atoms with Gasteiger partial charge in [0.15, 0.2) is 5.84 Å². The number of rotatable bonds is 4. The zero-order valence-corrected chi connectivity index (χ0v) is 21.7. The van der Waals surface area contributed by atoms with Gasteiger partial charge in [-0.1, -0.05) is 17.7 Å². The standard InChI is InChI=1S/C25H25ClN6O3S/c1-14-4-5-18(12-20(14)26)31-15(2)10-17(16(31)3)11-19-23(27)32-25(28-24(19)34)36-21(29-32)13-22(33)30-6-8-35-9-7-30/h4-5,10-12,27H,6-9,13H2,1-3H3/b19-11+,27-23?. The monoisotopic (exact) mass is 524 g/mol. The van der Waals surface area contributed by atoms with Crippen LogP contribution in [0.25, 0.3) is 11.8 Å². The quantitative estimate of drug-likeness (QED) is 0.610. The zero-order chi connectivity index (χ0) is 25.6. The molecule has 4 heterocycles. The van der Waals surface area contributed by atoms with Crippen LogP contribution in [0.1, 0.15) is 28.9 Å². The van der Waals surface area contributed by atoms with Gasteiger partial charge >= 0.3 is 0 Å². The van der Waals surface area contributed by atoms with Gasteiger partial charge in [-0.05, 0) is 67.9 Å². The molecule has 0 unspecified atom stereocenters. The van der Waals surface area contributed by atoms with Crippen LogP contribution in [0.2, 0.25) is 5.02 Å². The van der Waals surface area contributed by atoms with Gasteiger partial charge in [0.2, 0.25) is 11.1 Å². The van der Waals surface area contributed by atoms with Crippen molar-refractivity contribution in [1.82, 2.24) is 14.5 Å². The van der Waals surface area contributed by atoms with Gasteiger partial charge in [0.1, 0.15) is 5.04 Å². The van der Waals surface area contributed by atoms with Gasteiger partial charge in [-0.3, -0.25) is 15.0 Å². The van der Waals surface area contributed by atoms with Crippen LogP contribution >= 0.6 is 23.4 Å². The van der Waals surface area contributed by atoms with Crippen molar-refractivity contribution >= 4 is 57.3 Å². The minimum absolute atomic E-state index is 0.0535. The molecule has 0 spiro atoms. The van der Waals surface area contributed by atoms with Crippen LogP contribution in [-0.2, 0) is 14.3 Å². The molecule has 11 heteroatoms. The second kappa shape index (κ2) is 9.68. The Morgan fingerprint density at radius 3 is 2.69 bits per heavy atom. The van der Waals surface area contributed by atoms with E-state index in [0.29, 0.717) is 41.5 Å². The van der Waals surface area contributed by atoms with Crippen molar-refractivity contribution in [3.63, 3.8) is 0 Å². The third-order valence-corrected chi connectivity index (χ3v) is 7.66. The molecule has 2 amide bonds. The topological polar surface area (TPSA) is 103 Å². The number of amidine groups is 2. The average molecular weight is 525 g/mol. The molecule has 186 valence electrons. The third kappa shape index (κ3) is 4.52. The molecule has 1 fully saturated rings. The first kappa shape index (κ1) is 24.5. The predicted molar refractivity (Wildman–Crippen MR) is 142 cm³/mol. The molecule has 1 aromatic heterocycles. The lowest BCUT2D eigenvalue weighted by Gasteiger charge is -2.26. The molecule has 1 N–H and O–H groups in total. The molecule has 0 aliphatic carbocycles. The fraction of sp³-hybridized carbons (Fsp3) is 0.320. The molecule has 3 aliphatic rings. The lowest BCUT2D eigenvalue weighted by molar-refractivity contribution is -0.133. The van der Waals surface area contributed by atoms with Crippen LogP contribution < -0.4 is 0 Å². The average Bonchev–Trinajstić information content (AvgIpc) is 3.38. The third-order valence-electron chi connectivity index (χ3n) is 6.35. The smallest absolute Gasteiger partial charge is 0.283 e. The summed E-state index contributed by atoms with van der Waals surface area (Å²) in [6, 6.07) is 7.84. The Bertz CT molecular complexity index is 1390. The van der Waals surface area contributed by atoms with E-state index in [9.17, 15) is 9.59 Å². The second-order valence-electron chi connectivity index (χ2n) is 8.78. The van der Waals surface area contributed by atoms with E-state index in [2.05, 4.69) is 14.7 Å². The molecule has 0 bridgehead atoms. The van der Waals surface area contributed by atoms with E-state index < -0.39 is 5.91 Å². The number of hydrogen-bond acceptors (Lipinski definition) is 6. The highest BCUT2D eigenvalue weighted by atomic mass is 35.5. The number of morpholine rings is 1. The summed E-state index contributed by atoms with van der Waals surface area (Å²) < 4.78 is 7.36. The SMILES string of the molecule is Cc1ccc(-n2c(C)cc(/C=C3\C(=N)N4N=C(CC(=O)N5CCOCC5)SC4=NC3=O)c2C)cc1Cl. The molecule has 9 nitrogen and oxygen atoms in total. The maximum Gasteiger partial charge on any atom is 0.283 e. The number of carbonyl (C=O) groups excluding carboxylic acids is 2. The van der Waals surface area contributed by atoms with E-state index in [0.717, 1.165) is 40.0 Å². The highest BCUT2D eigenvalue weighted by Crippen LogP contribution is 2.31. The molecular weight excluding hydrogens is 500 g/mol. The van der Waals surface area contributed by atoms with Crippen molar-refractivity contribution < 1.29 is 14.3 Å². The Hall–Kier alpha value is -3.21.